The van der Waals surface area contributed by atoms with E-state index in [4.69, 9.17) is 9.47 Å². The fourth-order valence-electron chi connectivity index (χ4n) is 3.79. The molecule has 0 unspecified atom stereocenters. The third-order valence-electron chi connectivity index (χ3n) is 5.70. The molecule has 1 saturated heterocycles. The Hall–Kier alpha value is -3.29. The molecule has 1 aliphatic rings. The summed E-state index contributed by atoms with van der Waals surface area (Å²) in [5, 5.41) is 5.70. The van der Waals surface area contributed by atoms with Gasteiger partial charge in [0, 0.05) is 35.6 Å². The van der Waals surface area contributed by atoms with Gasteiger partial charge in [-0.3, -0.25) is 4.79 Å². The first-order chi connectivity index (χ1) is 17.2. The number of carbonyl (C=O) groups is 2. The molecule has 0 spiro atoms. The number of nitrogens with one attached hydrogen (secondary N) is 2. The second kappa shape index (κ2) is 13.0. The smallest absolute Gasteiger partial charge is 0.408 e. The lowest BCUT2D eigenvalue weighted by atomic mass is 10.1. The summed E-state index contributed by atoms with van der Waals surface area (Å²) in [4.78, 5) is 26.8. The Balaban J connectivity index is 1.35. The number of hydrogen-bond donors (Lipinski definition) is 2. The average Bonchev–Trinajstić information content (AvgIpc) is 2.89. The van der Waals surface area contributed by atoms with Gasteiger partial charge < -0.3 is 20.1 Å². The number of hydrogen-bond acceptors (Lipinski definition) is 5. The fourth-order valence-corrected chi connectivity index (χ4v) is 4.64. The lowest BCUT2D eigenvalue weighted by Crippen LogP contribution is -2.46. The van der Waals surface area contributed by atoms with Crippen molar-refractivity contribution in [1.29, 1.82) is 0 Å². The van der Waals surface area contributed by atoms with Crippen molar-refractivity contribution in [3.05, 3.63) is 96.1 Å². The molecule has 0 radical (unpaired) electrons. The molecule has 0 saturated carbocycles. The SMILES string of the molecule is O=C(N[C@@H](Cc1ccccc1)C(=O)Nc1ccc(SCc2ccccc2)cc1)OC1CCOCC1. The van der Waals surface area contributed by atoms with E-state index in [9.17, 15) is 9.59 Å². The van der Waals surface area contributed by atoms with Gasteiger partial charge in [0.1, 0.15) is 12.1 Å². The predicted molar refractivity (Wildman–Crippen MR) is 138 cm³/mol. The molecule has 0 aliphatic carbocycles. The highest BCUT2D eigenvalue weighted by Gasteiger charge is 2.25. The van der Waals surface area contributed by atoms with Gasteiger partial charge in [-0.1, -0.05) is 60.7 Å². The number of carbonyl (C=O) groups excluding carboxylic acids is 2. The van der Waals surface area contributed by atoms with Crippen molar-refractivity contribution in [3.8, 4) is 0 Å². The molecular formula is C28H30N2O4S. The van der Waals surface area contributed by atoms with Gasteiger partial charge in [0.05, 0.1) is 13.2 Å². The molecule has 0 aromatic heterocycles. The number of alkyl carbamates (subject to hydrolysis) is 1. The summed E-state index contributed by atoms with van der Waals surface area (Å²) in [6, 6.07) is 26.9. The van der Waals surface area contributed by atoms with Crippen LogP contribution >= 0.6 is 11.8 Å². The second-order valence-electron chi connectivity index (χ2n) is 8.39. The minimum atomic E-state index is -0.767. The van der Waals surface area contributed by atoms with Gasteiger partial charge in [-0.05, 0) is 35.4 Å². The van der Waals surface area contributed by atoms with Crippen LogP contribution in [0.1, 0.15) is 24.0 Å². The number of benzene rings is 3. The third kappa shape index (κ3) is 8.16. The van der Waals surface area contributed by atoms with Crippen molar-refractivity contribution in [1.82, 2.24) is 5.32 Å². The summed E-state index contributed by atoms with van der Waals surface area (Å²) < 4.78 is 10.8. The molecule has 1 heterocycles. The van der Waals surface area contributed by atoms with E-state index in [-0.39, 0.29) is 12.0 Å². The number of thioether (sulfide) groups is 1. The maximum absolute atomic E-state index is 13.1. The highest BCUT2D eigenvalue weighted by Crippen LogP contribution is 2.24. The maximum atomic E-state index is 13.1. The first-order valence-electron chi connectivity index (χ1n) is 11.8. The van der Waals surface area contributed by atoms with E-state index >= 15 is 0 Å². The number of ether oxygens (including phenoxy) is 2. The standard InChI is InChI=1S/C28H30N2O4S/c31-27(29-23-11-13-25(14-12-23)35-20-22-9-5-2-6-10-22)26(19-21-7-3-1-4-8-21)30-28(32)34-24-15-17-33-18-16-24/h1-14,24,26H,15-20H2,(H,29,31)(H,30,32)/t26-/m0/s1. The Labute approximate surface area is 210 Å². The largest absolute Gasteiger partial charge is 0.446 e. The Morgan fingerprint density at radius 2 is 1.51 bits per heavy atom. The molecule has 3 aromatic rings. The van der Waals surface area contributed by atoms with Crippen LogP contribution in [0.5, 0.6) is 0 Å². The summed E-state index contributed by atoms with van der Waals surface area (Å²) >= 11 is 1.74. The van der Waals surface area contributed by atoms with E-state index in [1.807, 2.05) is 72.8 Å². The molecule has 4 rings (SSSR count). The van der Waals surface area contributed by atoms with E-state index in [1.165, 1.54) is 5.56 Å². The van der Waals surface area contributed by atoms with Crippen LogP contribution in [0.4, 0.5) is 10.5 Å². The zero-order valence-electron chi connectivity index (χ0n) is 19.5. The maximum Gasteiger partial charge on any atom is 0.408 e. The van der Waals surface area contributed by atoms with Gasteiger partial charge >= 0.3 is 6.09 Å². The molecule has 1 fully saturated rings. The molecule has 7 heteroatoms. The Morgan fingerprint density at radius 3 is 2.17 bits per heavy atom. The Bertz CT molecular complexity index is 1070. The fraction of sp³-hybridized carbons (Fsp3) is 0.286. The molecule has 0 bridgehead atoms. The van der Waals surface area contributed by atoms with Gasteiger partial charge in [0.15, 0.2) is 0 Å². The summed E-state index contributed by atoms with van der Waals surface area (Å²) in [5.41, 5.74) is 2.89. The van der Waals surface area contributed by atoms with Crippen molar-refractivity contribution in [2.45, 2.75) is 42.1 Å². The lowest BCUT2D eigenvalue weighted by Gasteiger charge is -2.24. The van der Waals surface area contributed by atoms with Crippen LogP contribution in [-0.4, -0.2) is 37.4 Å². The third-order valence-corrected chi connectivity index (χ3v) is 6.79. The molecule has 1 atom stereocenters. The highest BCUT2D eigenvalue weighted by atomic mass is 32.2. The van der Waals surface area contributed by atoms with E-state index in [0.717, 1.165) is 16.2 Å². The number of anilines is 1. The summed E-state index contributed by atoms with van der Waals surface area (Å²) in [7, 11) is 0. The zero-order chi connectivity index (χ0) is 24.3. The van der Waals surface area contributed by atoms with Gasteiger partial charge in [0.2, 0.25) is 5.91 Å². The van der Waals surface area contributed by atoms with Crippen LogP contribution in [0.3, 0.4) is 0 Å². The van der Waals surface area contributed by atoms with E-state index in [1.54, 1.807) is 11.8 Å². The summed E-state index contributed by atoms with van der Waals surface area (Å²) in [6.07, 6.45) is 0.918. The molecule has 35 heavy (non-hydrogen) atoms. The Kier molecular flexibility index (Phi) is 9.20. The molecule has 1 aliphatic heterocycles. The van der Waals surface area contributed by atoms with E-state index in [2.05, 4.69) is 22.8 Å². The van der Waals surface area contributed by atoms with Gasteiger partial charge in [0.25, 0.3) is 0 Å². The number of rotatable bonds is 9. The second-order valence-corrected chi connectivity index (χ2v) is 9.44. The quantitative estimate of drug-likeness (QED) is 0.391. The Morgan fingerprint density at radius 1 is 0.886 bits per heavy atom. The normalized spacial score (nSPS) is 14.6. The van der Waals surface area contributed by atoms with Crippen LogP contribution in [-0.2, 0) is 26.4 Å². The predicted octanol–water partition coefficient (Wildman–Crippen LogP) is 5.43. The average molecular weight is 491 g/mol. The highest BCUT2D eigenvalue weighted by molar-refractivity contribution is 7.98. The molecule has 182 valence electrons. The molecule has 6 nitrogen and oxygen atoms in total. The summed E-state index contributed by atoms with van der Waals surface area (Å²) in [6.45, 7) is 1.15. The van der Waals surface area contributed by atoms with Gasteiger partial charge in [-0.15, -0.1) is 11.8 Å². The summed E-state index contributed by atoms with van der Waals surface area (Å²) in [5.74, 6) is 0.590. The van der Waals surface area contributed by atoms with Crippen LogP contribution < -0.4 is 10.6 Å². The molecular weight excluding hydrogens is 460 g/mol. The van der Waals surface area contributed by atoms with Crippen molar-refractivity contribution in [2.75, 3.05) is 18.5 Å². The van der Waals surface area contributed by atoms with Crippen molar-refractivity contribution < 1.29 is 19.1 Å². The molecule has 2 N–H and O–H groups in total. The topological polar surface area (TPSA) is 76.7 Å². The van der Waals surface area contributed by atoms with Gasteiger partial charge in [-0.2, -0.15) is 0 Å². The lowest BCUT2D eigenvalue weighted by molar-refractivity contribution is -0.118. The first kappa shape index (κ1) is 24.8. The van der Waals surface area contributed by atoms with Crippen molar-refractivity contribution >= 4 is 29.4 Å². The van der Waals surface area contributed by atoms with Crippen LogP contribution in [0.25, 0.3) is 0 Å². The minimum Gasteiger partial charge on any atom is -0.446 e. The first-order valence-corrected chi connectivity index (χ1v) is 12.8. The number of amides is 2. The van der Waals surface area contributed by atoms with Crippen molar-refractivity contribution in [3.63, 3.8) is 0 Å². The van der Waals surface area contributed by atoms with Crippen molar-refractivity contribution in [2.24, 2.45) is 0 Å². The van der Waals surface area contributed by atoms with E-state index in [0.29, 0.717) is 38.2 Å². The van der Waals surface area contributed by atoms with Crippen LogP contribution in [0.2, 0.25) is 0 Å². The minimum absolute atomic E-state index is 0.190. The molecule has 2 amide bonds. The van der Waals surface area contributed by atoms with Crippen LogP contribution in [0, 0.1) is 0 Å². The molecule has 3 aromatic carbocycles. The monoisotopic (exact) mass is 490 g/mol. The van der Waals surface area contributed by atoms with Gasteiger partial charge in [-0.25, -0.2) is 4.79 Å². The zero-order valence-corrected chi connectivity index (χ0v) is 20.3. The van der Waals surface area contributed by atoms with E-state index < -0.39 is 12.1 Å². The van der Waals surface area contributed by atoms with Crippen LogP contribution in [0.15, 0.2) is 89.8 Å².